The lowest BCUT2D eigenvalue weighted by atomic mass is 9.98. The van der Waals surface area contributed by atoms with Crippen LogP contribution in [0.1, 0.15) is 20.6 Å². The molecule has 4 heteroatoms. The van der Waals surface area contributed by atoms with Crippen LogP contribution in [0.5, 0.6) is 0 Å². The standard InChI is InChI=1S/C45H29N3S/c1-3-11-30(12-4-1)31-23-27-35(28-24-31)44-46-43(34-13-5-2-6-14-34)47-45(48-44)37-16-9-15-36(29-37)32-21-25-33(26-22-32)38-18-10-19-40-39-17-7-8-20-41(39)49-42(38)40/h1-29H/i7D,8D,9D,10D,15D,16D,17D,18D,19D,20D,21D,22D,25D,26D,29D. The minimum absolute atomic E-state index is 0.0115. The van der Waals surface area contributed by atoms with Gasteiger partial charge in [-0.2, -0.15) is 0 Å². The van der Waals surface area contributed by atoms with E-state index in [1.807, 2.05) is 60.7 Å². The summed E-state index contributed by atoms with van der Waals surface area (Å²) in [6, 6.07) is 16.4. The van der Waals surface area contributed by atoms with Crippen molar-refractivity contribution in [3.63, 3.8) is 0 Å². The molecule has 7 aromatic carbocycles. The number of aromatic nitrogens is 3. The van der Waals surface area contributed by atoms with Gasteiger partial charge in [0.2, 0.25) is 0 Å². The summed E-state index contributed by atoms with van der Waals surface area (Å²) in [5.74, 6) is 0.117. The van der Waals surface area contributed by atoms with Crippen molar-refractivity contribution < 1.29 is 20.6 Å². The van der Waals surface area contributed by atoms with E-state index in [1.54, 1.807) is 24.3 Å². The van der Waals surface area contributed by atoms with E-state index >= 15 is 0 Å². The molecule has 0 atom stereocenters. The van der Waals surface area contributed by atoms with Crippen molar-refractivity contribution in [2.24, 2.45) is 0 Å². The van der Waals surface area contributed by atoms with Crippen molar-refractivity contribution in [3.8, 4) is 67.5 Å². The maximum absolute atomic E-state index is 9.50. The van der Waals surface area contributed by atoms with Gasteiger partial charge in [0.15, 0.2) is 17.5 Å². The second-order valence-electron chi connectivity index (χ2n) is 10.9. The van der Waals surface area contributed by atoms with Gasteiger partial charge in [-0.3, -0.25) is 0 Å². The first-order chi connectivity index (χ1) is 30.5. The van der Waals surface area contributed by atoms with Gasteiger partial charge in [-0.1, -0.05) is 163 Å². The molecular weight excluding hydrogens is 615 g/mol. The van der Waals surface area contributed by atoms with Gasteiger partial charge < -0.3 is 0 Å². The van der Waals surface area contributed by atoms with Crippen LogP contribution in [0, 0.1) is 0 Å². The molecule has 3 nitrogen and oxygen atoms in total. The zero-order valence-electron chi connectivity index (χ0n) is 40.3. The monoisotopic (exact) mass is 658 g/mol. The van der Waals surface area contributed by atoms with Gasteiger partial charge in [0.05, 0.1) is 20.6 Å². The Hall–Kier alpha value is -6.23. The zero-order chi connectivity index (χ0) is 45.6. The molecule has 9 rings (SSSR count). The van der Waals surface area contributed by atoms with Gasteiger partial charge in [0, 0.05) is 36.9 Å². The molecule has 230 valence electrons. The predicted molar refractivity (Wildman–Crippen MR) is 205 cm³/mol. The molecule has 0 fully saturated rings. The Morgan fingerprint density at radius 2 is 0.918 bits per heavy atom. The van der Waals surface area contributed by atoms with Crippen LogP contribution in [0.3, 0.4) is 0 Å². The van der Waals surface area contributed by atoms with Crippen molar-refractivity contribution in [3.05, 3.63) is 176 Å². The fourth-order valence-corrected chi connectivity index (χ4v) is 6.49. The fourth-order valence-electron chi connectivity index (χ4n) is 5.42. The Morgan fingerprint density at radius 3 is 1.65 bits per heavy atom. The van der Waals surface area contributed by atoms with Crippen LogP contribution < -0.4 is 0 Å². The van der Waals surface area contributed by atoms with E-state index in [9.17, 15) is 6.85 Å². The molecule has 2 heterocycles. The van der Waals surface area contributed by atoms with Crippen LogP contribution in [0.2, 0.25) is 0 Å². The van der Waals surface area contributed by atoms with E-state index in [1.165, 1.54) is 0 Å². The molecule has 0 bridgehead atoms. The van der Waals surface area contributed by atoms with Gasteiger partial charge >= 0.3 is 0 Å². The third-order valence-corrected chi connectivity index (χ3v) is 8.95. The second-order valence-corrected chi connectivity index (χ2v) is 11.9. The smallest absolute Gasteiger partial charge is 0.164 e. The van der Waals surface area contributed by atoms with E-state index in [4.69, 9.17) is 18.7 Å². The fraction of sp³-hybridized carbons (Fsp3) is 0. The number of rotatable bonds is 6. The summed E-state index contributed by atoms with van der Waals surface area (Å²) < 4.78 is 133. The molecule has 0 aliphatic heterocycles. The van der Waals surface area contributed by atoms with Crippen LogP contribution in [0.25, 0.3) is 87.7 Å². The van der Waals surface area contributed by atoms with Gasteiger partial charge in [0.1, 0.15) is 0 Å². The molecule has 0 aliphatic rings. The Morgan fingerprint density at radius 1 is 0.388 bits per heavy atom. The molecule has 9 aromatic rings. The molecule has 2 aromatic heterocycles. The summed E-state index contributed by atoms with van der Waals surface area (Å²) in [4.78, 5) is 14.1. The van der Waals surface area contributed by atoms with Crippen LogP contribution in [0.15, 0.2) is 176 Å². The van der Waals surface area contributed by atoms with E-state index in [0.717, 1.165) is 22.5 Å². The highest BCUT2D eigenvalue weighted by Crippen LogP contribution is 2.40. The number of hydrogen-bond acceptors (Lipinski definition) is 4. The van der Waals surface area contributed by atoms with Crippen LogP contribution in [-0.4, -0.2) is 15.0 Å². The first-order valence-electron chi connectivity index (χ1n) is 22.6. The lowest BCUT2D eigenvalue weighted by molar-refractivity contribution is 1.07. The largest absolute Gasteiger partial charge is 0.208 e. The van der Waals surface area contributed by atoms with Gasteiger partial charge in [-0.25, -0.2) is 15.0 Å². The lowest BCUT2D eigenvalue weighted by Crippen LogP contribution is -2.00. The van der Waals surface area contributed by atoms with Crippen molar-refractivity contribution in [2.45, 2.75) is 0 Å². The van der Waals surface area contributed by atoms with Crippen LogP contribution >= 0.6 is 11.3 Å². The Labute approximate surface area is 310 Å². The van der Waals surface area contributed by atoms with E-state index in [0.29, 0.717) is 11.1 Å². The maximum atomic E-state index is 9.50. The van der Waals surface area contributed by atoms with Crippen LogP contribution in [-0.2, 0) is 0 Å². The first-order valence-corrected chi connectivity index (χ1v) is 16.0. The Bertz CT molecular complexity index is 3410. The van der Waals surface area contributed by atoms with Crippen molar-refractivity contribution in [2.75, 3.05) is 0 Å². The summed E-state index contributed by atoms with van der Waals surface area (Å²) in [7, 11) is 0. The Balaban J connectivity index is 1.27. The number of fused-ring (bicyclic) bond motifs is 3. The van der Waals surface area contributed by atoms with Gasteiger partial charge in [-0.15, -0.1) is 11.3 Å². The molecule has 0 unspecified atom stereocenters. The molecule has 0 radical (unpaired) electrons. The quantitative estimate of drug-likeness (QED) is 0.178. The van der Waals surface area contributed by atoms with Gasteiger partial charge in [-0.05, 0) is 45.5 Å². The van der Waals surface area contributed by atoms with Crippen molar-refractivity contribution in [1.29, 1.82) is 0 Å². The molecule has 0 aliphatic carbocycles. The second kappa shape index (κ2) is 12.4. The topological polar surface area (TPSA) is 38.7 Å². The zero-order valence-corrected chi connectivity index (χ0v) is 26.1. The maximum Gasteiger partial charge on any atom is 0.164 e. The summed E-state index contributed by atoms with van der Waals surface area (Å²) in [5, 5.41) is -0.193. The normalized spacial score (nSPS) is 15.6. The highest BCUT2D eigenvalue weighted by Gasteiger charge is 2.14. The molecular formula is C45H29N3S. The summed E-state index contributed by atoms with van der Waals surface area (Å²) >= 11 is 0.772. The summed E-state index contributed by atoms with van der Waals surface area (Å²) in [6.07, 6.45) is 0. The van der Waals surface area contributed by atoms with E-state index in [-0.39, 0.29) is 48.8 Å². The molecule has 0 amide bonds. The molecule has 0 saturated heterocycles. The summed E-state index contributed by atoms with van der Waals surface area (Å²) in [5.41, 5.74) is 0.867. The minimum atomic E-state index is -0.778. The van der Waals surface area contributed by atoms with Crippen molar-refractivity contribution >= 4 is 31.5 Å². The average Bonchev–Trinajstić information content (AvgIpc) is 3.71. The number of benzene rings is 7. The third kappa shape index (κ3) is 5.58. The Kier molecular flexibility index (Phi) is 4.37. The van der Waals surface area contributed by atoms with E-state index < -0.39 is 107 Å². The van der Waals surface area contributed by atoms with Crippen molar-refractivity contribution in [1.82, 2.24) is 15.0 Å². The SMILES string of the molecule is [2H]c1c([2H])c(-c2nc(-c3ccccc3)nc(-c3ccc(-c4ccccc4)cc3)n2)c([2H])c(-c2c([2H])c([2H])c(-c3c([2H])c([2H])c([2H])c4c3sc3c([2H])c([2H])c([2H])c([2H])c34)c([2H])c2[2H])c1[2H]. The highest BCUT2D eigenvalue weighted by molar-refractivity contribution is 7.26. The average molecular weight is 659 g/mol. The molecule has 49 heavy (non-hydrogen) atoms. The lowest BCUT2D eigenvalue weighted by Gasteiger charge is -2.11. The molecule has 0 N–H and O–H groups in total. The number of nitrogens with zero attached hydrogens (tertiary/aromatic N) is 3. The number of thiophene rings is 1. The first kappa shape index (κ1) is 17.3. The molecule has 0 spiro atoms. The van der Waals surface area contributed by atoms with E-state index in [2.05, 4.69) is 9.97 Å². The third-order valence-electron chi connectivity index (χ3n) is 7.83. The summed E-state index contributed by atoms with van der Waals surface area (Å²) in [6.45, 7) is 0. The molecule has 0 saturated carbocycles. The minimum Gasteiger partial charge on any atom is -0.208 e. The van der Waals surface area contributed by atoms with Crippen LogP contribution in [0.4, 0.5) is 0 Å². The highest BCUT2D eigenvalue weighted by atomic mass is 32.1. The predicted octanol–water partition coefficient (Wildman–Crippen LogP) is 12.2. The van der Waals surface area contributed by atoms with Gasteiger partial charge in [0.25, 0.3) is 0 Å². The number of hydrogen-bond donors (Lipinski definition) is 0.